The lowest BCUT2D eigenvalue weighted by Gasteiger charge is -2.18. The third-order valence-corrected chi connectivity index (χ3v) is 2.82. The van der Waals surface area contributed by atoms with Gasteiger partial charge in [0.05, 0.1) is 36.9 Å². The fourth-order valence-electron chi connectivity index (χ4n) is 1.72. The van der Waals surface area contributed by atoms with Crippen molar-refractivity contribution in [3.8, 4) is 6.07 Å². The van der Waals surface area contributed by atoms with Crippen LogP contribution in [0.2, 0.25) is 0 Å². The van der Waals surface area contributed by atoms with Crippen molar-refractivity contribution >= 4 is 0 Å². The van der Waals surface area contributed by atoms with Gasteiger partial charge in [-0.3, -0.25) is 0 Å². The second-order valence-electron chi connectivity index (χ2n) is 3.82. The number of aliphatic hydroxyl groups excluding tert-OH is 1. The molecule has 0 aromatic carbocycles. The molecule has 1 aromatic heterocycles. The van der Waals surface area contributed by atoms with Crippen molar-refractivity contribution in [2.75, 3.05) is 13.7 Å². The molecule has 0 bridgehead atoms. The van der Waals surface area contributed by atoms with E-state index in [1.54, 1.807) is 11.8 Å². The molecular weight excluding hydrogens is 220 g/mol. The summed E-state index contributed by atoms with van der Waals surface area (Å²) in [5.74, 6) is 0. The summed E-state index contributed by atoms with van der Waals surface area (Å²) in [6.07, 6.45) is 0.745. The first-order valence-corrected chi connectivity index (χ1v) is 5.64. The van der Waals surface area contributed by atoms with Crippen molar-refractivity contribution < 1.29 is 9.84 Å². The molecule has 0 fully saturated rings. The maximum absolute atomic E-state index is 9.30. The molecule has 2 atom stereocenters. The smallest absolute Gasteiger partial charge is 0.103 e. The highest BCUT2D eigenvalue weighted by Crippen LogP contribution is 2.23. The van der Waals surface area contributed by atoms with Crippen LogP contribution in [0.1, 0.15) is 43.8 Å². The van der Waals surface area contributed by atoms with Crippen LogP contribution in [0.15, 0.2) is 0 Å². The maximum atomic E-state index is 9.30. The summed E-state index contributed by atoms with van der Waals surface area (Å²) in [6.45, 7) is 3.84. The van der Waals surface area contributed by atoms with Gasteiger partial charge in [-0.2, -0.15) is 5.26 Å². The molecule has 1 heterocycles. The van der Waals surface area contributed by atoms with E-state index in [-0.39, 0.29) is 25.2 Å². The molecule has 6 nitrogen and oxygen atoms in total. The minimum atomic E-state index is -0.200. The van der Waals surface area contributed by atoms with Gasteiger partial charge < -0.3 is 9.84 Å². The molecule has 0 aliphatic rings. The fourth-order valence-corrected chi connectivity index (χ4v) is 1.72. The van der Waals surface area contributed by atoms with Crippen LogP contribution < -0.4 is 0 Å². The lowest BCUT2D eigenvalue weighted by atomic mass is 10.1. The SMILES string of the molecule is CCC(CO)n1nnc(CC#N)c1C(C)OC. The minimum Gasteiger partial charge on any atom is -0.394 e. The summed E-state index contributed by atoms with van der Waals surface area (Å²) >= 11 is 0. The van der Waals surface area contributed by atoms with Crippen LogP contribution in [0.5, 0.6) is 0 Å². The van der Waals surface area contributed by atoms with E-state index in [1.807, 2.05) is 13.8 Å². The third kappa shape index (κ3) is 2.81. The van der Waals surface area contributed by atoms with Crippen molar-refractivity contribution in [3.05, 3.63) is 11.4 Å². The van der Waals surface area contributed by atoms with Crippen LogP contribution in [0.4, 0.5) is 0 Å². The fraction of sp³-hybridized carbons (Fsp3) is 0.727. The molecule has 1 aromatic rings. The largest absolute Gasteiger partial charge is 0.394 e. The Bertz CT molecular complexity index is 393. The highest BCUT2D eigenvalue weighted by Gasteiger charge is 2.22. The molecule has 1 rings (SSSR count). The van der Waals surface area contributed by atoms with Crippen molar-refractivity contribution in [1.29, 1.82) is 5.26 Å². The number of methoxy groups -OCH3 is 1. The zero-order valence-corrected chi connectivity index (χ0v) is 10.4. The molecular formula is C11H18N4O2. The van der Waals surface area contributed by atoms with Crippen LogP contribution in [-0.4, -0.2) is 33.8 Å². The molecule has 2 unspecified atom stereocenters. The molecule has 0 spiro atoms. The average molecular weight is 238 g/mol. The second kappa shape index (κ2) is 6.33. The van der Waals surface area contributed by atoms with Gasteiger partial charge in [0, 0.05) is 7.11 Å². The predicted molar refractivity (Wildman–Crippen MR) is 61.2 cm³/mol. The van der Waals surface area contributed by atoms with Crippen molar-refractivity contribution in [2.24, 2.45) is 0 Å². The van der Waals surface area contributed by atoms with Gasteiger partial charge in [0.25, 0.3) is 0 Å². The Hall–Kier alpha value is -1.45. The van der Waals surface area contributed by atoms with E-state index < -0.39 is 0 Å². The summed E-state index contributed by atoms with van der Waals surface area (Å²) in [4.78, 5) is 0. The van der Waals surface area contributed by atoms with E-state index in [0.29, 0.717) is 5.69 Å². The zero-order chi connectivity index (χ0) is 12.8. The quantitative estimate of drug-likeness (QED) is 0.799. The standard InChI is InChI=1S/C11H18N4O2/c1-4-9(7-16)15-11(8(2)17-3)10(5-6-12)13-14-15/h8-9,16H,4-5,7H2,1-3H3. The topological polar surface area (TPSA) is 84.0 Å². The summed E-state index contributed by atoms with van der Waals surface area (Å²) in [6, 6.07) is 1.94. The monoisotopic (exact) mass is 238 g/mol. The summed E-state index contributed by atoms with van der Waals surface area (Å²) in [7, 11) is 1.60. The Morgan fingerprint density at radius 1 is 1.59 bits per heavy atom. The molecule has 0 aliphatic carbocycles. The summed E-state index contributed by atoms with van der Waals surface area (Å²) in [5, 5.41) is 26.1. The lowest BCUT2D eigenvalue weighted by Crippen LogP contribution is -2.19. The highest BCUT2D eigenvalue weighted by molar-refractivity contribution is 5.17. The third-order valence-electron chi connectivity index (χ3n) is 2.82. The molecule has 0 amide bonds. The second-order valence-corrected chi connectivity index (χ2v) is 3.82. The van der Waals surface area contributed by atoms with E-state index in [4.69, 9.17) is 10.00 Å². The molecule has 94 valence electrons. The minimum absolute atomic E-state index is 0.00467. The molecule has 0 aliphatic heterocycles. The molecule has 0 saturated heterocycles. The Morgan fingerprint density at radius 3 is 2.76 bits per heavy atom. The number of aromatic nitrogens is 3. The predicted octanol–water partition coefficient (Wildman–Crippen LogP) is 0.995. The van der Waals surface area contributed by atoms with E-state index in [9.17, 15) is 5.11 Å². The highest BCUT2D eigenvalue weighted by atomic mass is 16.5. The van der Waals surface area contributed by atoms with Crippen LogP contribution in [0.25, 0.3) is 0 Å². The molecule has 0 radical (unpaired) electrons. The van der Waals surface area contributed by atoms with E-state index in [2.05, 4.69) is 16.4 Å². The lowest BCUT2D eigenvalue weighted by molar-refractivity contribution is 0.104. The van der Waals surface area contributed by atoms with Crippen molar-refractivity contribution in [2.45, 2.75) is 38.8 Å². The van der Waals surface area contributed by atoms with Gasteiger partial charge in [0.15, 0.2) is 0 Å². The number of hydrogen-bond donors (Lipinski definition) is 1. The van der Waals surface area contributed by atoms with Gasteiger partial charge >= 0.3 is 0 Å². The summed E-state index contributed by atoms with van der Waals surface area (Å²) < 4.78 is 6.94. The van der Waals surface area contributed by atoms with Crippen LogP contribution in [-0.2, 0) is 11.2 Å². The maximum Gasteiger partial charge on any atom is 0.103 e. The van der Waals surface area contributed by atoms with E-state index in [1.165, 1.54) is 0 Å². The Morgan fingerprint density at radius 2 is 2.29 bits per heavy atom. The number of aliphatic hydroxyl groups is 1. The first kappa shape index (κ1) is 13.6. The van der Waals surface area contributed by atoms with Gasteiger partial charge in [0.2, 0.25) is 0 Å². The van der Waals surface area contributed by atoms with Crippen molar-refractivity contribution in [3.63, 3.8) is 0 Å². The van der Waals surface area contributed by atoms with Gasteiger partial charge in [-0.15, -0.1) is 5.10 Å². The Kier molecular flexibility index (Phi) is 5.07. The van der Waals surface area contributed by atoms with Crippen LogP contribution in [0.3, 0.4) is 0 Å². The summed E-state index contributed by atoms with van der Waals surface area (Å²) in [5.41, 5.74) is 1.39. The van der Waals surface area contributed by atoms with Gasteiger partial charge in [0.1, 0.15) is 5.69 Å². The van der Waals surface area contributed by atoms with Gasteiger partial charge in [-0.05, 0) is 13.3 Å². The number of nitriles is 1. The number of ether oxygens (including phenoxy) is 1. The number of rotatable bonds is 6. The van der Waals surface area contributed by atoms with Crippen LogP contribution in [0, 0.1) is 11.3 Å². The van der Waals surface area contributed by atoms with Crippen molar-refractivity contribution in [1.82, 2.24) is 15.0 Å². The first-order chi connectivity index (χ1) is 8.19. The molecule has 6 heteroatoms. The Labute approximate surface area is 101 Å². The average Bonchev–Trinajstić information content (AvgIpc) is 2.74. The first-order valence-electron chi connectivity index (χ1n) is 5.64. The van der Waals surface area contributed by atoms with E-state index in [0.717, 1.165) is 12.1 Å². The normalized spacial score (nSPS) is 14.3. The van der Waals surface area contributed by atoms with Gasteiger partial charge in [-0.25, -0.2) is 4.68 Å². The zero-order valence-electron chi connectivity index (χ0n) is 10.4. The van der Waals surface area contributed by atoms with E-state index >= 15 is 0 Å². The van der Waals surface area contributed by atoms with Gasteiger partial charge in [-0.1, -0.05) is 12.1 Å². The molecule has 1 N–H and O–H groups in total. The molecule has 17 heavy (non-hydrogen) atoms. The van der Waals surface area contributed by atoms with Crippen LogP contribution >= 0.6 is 0 Å². The molecule has 0 saturated carbocycles. The Balaban J connectivity index is 3.17. The number of nitrogens with zero attached hydrogens (tertiary/aromatic N) is 4. The number of hydrogen-bond acceptors (Lipinski definition) is 5.